The van der Waals surface area contributed by atoms with Crippen molar-refractivity contribution < 1.29 is 9.90 Å². The Kier molecular flexibility index (Phi) is 14.8. The van der Waals surface area contributed by atoms with Gasteiger partial charge < -0.3 is 10.4 Å². The van der Waals surface area contributed by atoms with E-state index in [-0.39, 0.29) is 0 Å². The highest BCUT2D eigenvalue weighted by molar-refractivity contribution is 7.99. The van der Waals surface area contributed by atoms with E-state index in [9.17, 15) is 9.90 Å². The van der Waals surface area contributed by atoms with Gasteiger partial charge in [-0.1, -0.05) is 46.6 Å². The highest BCUT2D eigenvalue weighted by atomic mass is 32.2. The van der Waals surface area contributed by atoms with Crippen LogP contribution in [0.3, 0.4) is 0 Å². The zero-order valence-electron chi connectivity index (χ0n) is 20.3. The first-order chi connectivity index (χ1) is 15.3. The summed E-state index contributed by atoms with van der Waals surface area (Å²) in [5.74, 6) is 0.500. The molecular weight excluding hydrogens is 436 g/mol. The molecule has 178 valence electrons. The van der Waals surface area contributed by atoms with E-state index in [1.165, 1.54) is 33.6 Å². The maximum atomic E-state index is 11.4. The molecule has 0 spiro atoms. The van der Waals surface area contributed by atoms with Crippen molar-refractivity contribution in [3.05, 3.63) is 58.2 Å². The average molecular weight is 477 g/mol. The van der Waals surface area contributed by atoms with E-state index in [0.29, 0.717) is 10.9 Å². The first-order valence-electron chi connectivity index (χ1n) is 11.3. The molecule has 0 fully saturated rings. The zero-order valence-corrected chi connectivity index (χ0v) is 22.0. The summed E-state index contributed by atoms with van der Waals surface area (Å²) in [4.78, 5) is 15.5. The molecule has 1 unspecified atom stereocenters. The van der Waals surface area contributed by atoms with Crippen LogP contribution in [0.25, 0.3) is 0 Å². The van der Waals surface area contributed by atoms with Crippen LogP contribution in [0, 0.1) is 0 Å². The van der Waals surface area contributed by atoms with Crippen LogP contribution in [-0.2, 0) is 4.79 Å². The fourth-order valence-electron chi connectivity index (χ4n) is 2.99. The van der Waals surface area contributed by atoms with Crippen LogP contribution in [0.5, 0.6) is 0 Å². The summed E-state index contributed by atoms with van der Waals surface area (Å²) < 4.78 is 0. The summed E-state index contributed by atoms with van der Waals surface area (Å²) in [5, 5.41) is 14.8. The number of aromatic nitrogens is 1. The fraction of sp³-hybridized carbons (Fsp3) is 0.538. The van der Waals surface area contributed by atoms with Crippen molar-refractivity contribution in [3.8, 4) is 0 Å². The molecule has 2 N–H and O–H groups in total. The summed E-state index contributed by atoms with van der Waals surface area (Å²) in [7, 11) is 0. The van der Waals surface area contributed by atoms with Crippen LogP contribution in [-0.4, -0.2) is 33.6 Å². The number of nitrogens with zero attached hydrogens (tertiary/aromatic N) is 1. The molecule has 0 bridgehead atoms. The SMILES string of the molecule is CC(C)=CCC/C(C)=C/CC/C(C)=C/CC/C(C)=C/CSCC(Nc1nccs1)C(=O)O. The van der Waals surface area contributed by atoms with Gasteiger partial charge in [0.05, 0.1) is 0 Å². The standard InChI is InChI=1S/C26H40N2O2S2/c1-20(2)9-6-10-21(3)11-7-12-22(4)13-8-14-23(5)15-17-31-19-24(25(29)30)28-26-27-16-18-32-26/h9,11,13,15-16,18,24H,6-8,10,12,14,17,19H2,1-5H3,(H,27,28)(H,29,30)/b21-11+,22-13+,23-15+. The van der Waals surface area contributed by atoms with Crippen LogP contribution in [0.15, 0.2) is 58.2 Å². The van der Waals surface area contributed by atoms with E-state index in [1.54, 1.807) is 18.0 Å². The molecule has 0 saturated heterocycles. The van der Waals surface area contributed by atoms with Gasteiger partial charge in [-0.2, -0.15) is 11.8 Å². The van der Waals surface area contributed by atoms with Crippen LogP contribution >= 0.6 is 23.1 Å². The number of thioether (sulfide) groups is 1. The molecule has 4 nitrogen and oxygen atoms in total. The number of anilines is 1. The minimum atomic E-state index is -0.841. The van der Waals surface area contributed by atoms with Crippen molar-refractivity contribution in [2.75, 3.05) is 16.8 Å². The van der Waals surface area contributed by atoms with Gasteiger partial charge >= 0.3 is 5.97 Å². The quantitative estimate of drug-likeness (QED) is 0.188. The summed E-state index contributed by atoms with van der Waals surface area (Å²) >= 11 is 3.05. The predicted molar refractivity (Wildman–Crippen MR) is 143 cm³/mol. The Morgan fingerprint density at radius 1 is 1.00 bits per heavy atom. The number of hydrogen-bond donors (Lipinski definition) is 2. The third kappa shape index (κ3) is 14.3. The third-order valence-corrected chi connectivity index (χ3v) is 6.69. The Balaban J connectivity index is 2.24. The number of allylic oxidation sites excluding steroid dienone is 7. The van der Waals surface area contributed by atoms with E-state index in [2.05, 4.69) is 69.2 Å². The Hall–Kier alpha value is -1.79. The van der Waals surface area contributed by atoms with Crippen LogP contribution in [0.2, 0.25) is 0 Å². The van der Waals surface area contributed by atoms with E-state index in [4.69, 9.17) is 0 Å². The summed E-state index contributed by atoms with van der Waals surface area (Å²) in [6.07, 6.45) is 17.6. The zero-order chi connectivity index (χ0) is 23.8. The largest absolute Gasteiger partial charge is 0.480 e. The normalized spacial score (nSPS) is 13.7. The molecular formula is C26H40N2O2S2. The Morgan fingerprint density at radius 2 is 1.56 bits per heavy atom. The average Bonchev–Trinajstić information content (AvgIpc) is 3.23. The number of carboxylic acids is 1. The number of carboxylic acid groups (broad SMARTS) is 1. The molecule has 1 aromatic rings. The van der Waals surface area contributed by atoms with Gasteiger partial charge in [0.1, 0.15) is 6.04 Å². The van der Waals surface area contributed by atoms with E-state index >= 15 is 0 Å². The van der Waals surface area contributed by atoms with Crippen LogP contribution in [0.1, 0.15) is 73.1 Å². The molecule has 0 aliphatic carbocycles. The van der Waals surface area contributed by atoms with Crippen molar-refractivity contribution in [3.63, 3.8) is 0 Å². The monoisotopic (exact) mass is 476 g/mol. The molecule has 0 saturated carbocycles. The van der Waals surface area contributed by atoms with Crippen molar-refractivity contribution in [1.82, 2.24) is 4.98 Å². The Labute approximate surface area is 203 Å². The lowest BCUT2D eigenvalue weighted by Gasteiger charge is -2.12. The van der Waals surface area contributed by atoms with Gasteiger partial charge in [0.25, 0.3) is 0 Å². The molecule has 32 heavy (non-hydrogen) atoms. The van der Waals surface area contributed by atoms with Crippen molar-refractivity contribution in [1.29, 1.82) is 0 Å². The van der Waals surface area contributed by atoms with Gasteiger partial charge in [0, 0.05) is 23.1 Å². The van der Waals surface area contributed by atoms with Gasteiger partial charge in [-0.15, -0.1) is 11.3 Å². The van der Waals surface area contributed by atoms with E-state index in [1.807, 2.05) is 5.38 Å². The van der Waals surface area contributed by atoms with Gasteiger partial charge in [-0.3, -0.25) is 0 Å². The van der Waals surface area contributed by atoms with Crippen molar-refractivity contribution >= 4 is 34.2 Å². The van der Waals surface area contributed by atoms with Crippen molar-refractivity contribution in [2.45, 2.75) is 79.2 Å². The molecule has 0 aliphatic rings. The summed E-state index contributed by atoms with van der Waals surface area (Å²) in [6, 6.07) is -0.615. The lowest BCUT2D eigenvalue weighted by molar-refractivity contribution is -0.137. The van der Waals surface area contributed by atoms with Gasteiger partial charge in [0.2, 0.25) is 0 Å². The van der Waals surface area contributed by atoms with Gasteiger partial charge in [0.15, 0.2) is 5.13 Å². The van der Waals surface area contributed by atoms with Crippen molar-refractivity contribution in [2.24, 2.45) is 0 Å². The highest BCUT2D eigenvalue weighted by Gasteiger charge is 2.17. The number of thiazole rings is 1. The van der Waals surface area contributed by atoms with Gasteiger partial charge in [-0.05, 0) is 73.1 Å². The number of aliphatic carboxylic acids is 1. The fourth-order valence-corrected chi connectivity index (χ4v) is 4.58. The second-order valence-electron chi connectivity index (χ2n) is 8.46. The number of hydrogen-bond acceptors (Lipinski definition) is 5. The minimum Gasteiger partial charge on any atom is -0.480 e. The maximum absolute atomic E-state index is 11.4. The number of carbonyl (C=O) groups is 1. The summed E-state index contributed by atoms with van der Waals surface area (Å²) in [6.45, 7) is 10.9. The topological polar surface area (TPSA) is 62.2 Å². The molecule has 1 rings (SSSR count). The Morgan fingerprint density at radius 3 is 2.06 bits per heavy atom. The van der Waals surface area contributed by atoms with Crippen LogP contribution < -0.4 is 5.32 Å². The van der Waals surface area contributed by atoms with Gasteiger partial charge in [-0.25, -0.2) is 9.78 Å². The Bertz CT molecular complexity index is 789. The highest BCUT2D eigenvalue weighted by Crippen LogP contribution is 2.16. The molecule has 1 atom stereocenters. The smallest absolute Gasteiger partial charge is 0.327 e. The third-order valence-electron chi connectivity index (χ3n) is 5.02. The molecule has 1 aromatic heterocycles. The molecule has 0 radical (unpaired) electrons. The van der Waals surface area contributed by atoms with E-state index < -0.39 is 12.0 Å². The molecule has 0 amide bonds. The van der Waals surface area contributed by atoms with Crippen LogP contribution in [0.4, 0.5) is 5.13 Å². The molecule has 1 heterocycles. The minimum absolute atomic E-state index is 0.513. The second-order valence-corrected chi connectivity index (χ2v) is 10.4. The first-order valence-corrected chi connectivity index (χ1v) is 13.4. The lowest BCUT2D eigenvalue weighted by Crippen LogP contribution is -2.31. The number of nitrogens with one attached hydrogen (secondary N) is 1. The summed E-state index contributed by atoms with van der Waals surface area (Å²) in [5.41, 5.74) is 5.70. The lowest BCUT2D eigenvalue weighted by atomic mass is 10.0. The molecule has 6 heteroatoms. The molecule has 0 aromatic carbocycles. The predicted octanol–water partition coefficient (Wildman–Crippen LogP) is 7.89. The number of rotatable bonds is 16. The van der Waals surface area contributed by atoms with E-state index in [0.717, 1.165) is 44.3 Å². The molecule has 0 aliphatic heterocycles. The first kappa shape index (κ1) is 28.2. The second kappa shape index (κ2) is 16.8. The maximum Gasteiger partial charge on any atom is 0.327 e.